The van der Waals surface area contributed by atoms with Gasteiger partial charge in [0.05, 0.1) is 25.6 Å². The Balaban J connectivity index is 1.55. The molecule has 0 bridgehead atoms. The Kier molecular flexibility index (Phi) is 14.8. The molecule has 1 fully saturated rings. The van der Waals surface area contributed by atoms with Crippen molar-refractivity contribution in [3.05, 3.63) is 12.7 Å². The summed E-state index contributed by atoms with van der Waals surface area (Å²) in [6, 6.07) is 0. The fourth-order valence-electron chi connectivity index (χ4n) is 4.57. The number of phosphoric ester groups is 3. The third kappa shape index (κ3) is 12.8. The van der Waals surface area contributed by atoms with Crippen molar-refractivity contribution in [1.29, 1.82) is 0 Å². The van der Waals surface area contributed by atoms with Gasteiger partial charge in [0.1, 0.15) is 36.3 Å². The lowest BCUT2D eigenvalue weighted by Gasteiger charge is -2.30. The number of imidazole rings is 1. The van der Waals surface area contributed by atoms with E-state index in [2.05, 4.69) is 34.4 Å². The molecule has 1 aliphatic heterocycles. The third-order valence-corrected chi connectivity index (χ3v) is 10.3. The summed E-state index contributed by atoms with van der Waals surface area (Å²) >= 11 is 0. The largest absolute Gasteiger partial charge is 0.481 e. The molecule has 8 atom stereocenters. The molecule has 1 saturated heterocycles. The Labute approximate surface area is 290 Å². The van der Waals surface area contributed by atoms with Crippen LogP contribution in [0.3, 0.4) is 0 Å². The van der Waals surface area contributed by atoms with E-state index in [9.17, 15) is 58.2 Å². The number of amides is 2. The molecular formula is C24H42N7O17P3. The van der Waals surface area contributed by atoms with Gasteiger partial charge in [-0.25, -0.2) is 28.6 Å². The highest BCUT2D eigenvalue weighted by atomic mass is 31.3. The van der Waals surface area contributed by atoms with E-state index in [0.717, 1.165) is 17.2 Å². The van der Waals surface area contributed by atoms with Crippen LogP contribution in [0.15, 0.2) is 12.7 Å². The highest BCUT2D eigenvalue weighted by molar-refractivity contribution is 7.61. The van der Waals surface area contributed by atoms with Crippen molar-refractivity contribution in [2.75, 3.05) is 32.0 Å². The second kappa shape index (κ2) is 17.5. The molecule has 2 amide bonds. The fraction of sp³-hybridized carbons (Fsp3) is 0.708. The summed E-state index contributed by atoms with van der Waals surface area (Å²) in [6.07, 6.45) is -6.28. The minimum absolute atomic E-state index is 0.0338. The van der Waals surface area contributed by atoms with E-state index in [-0.39, 0.29) is 35.9 Å². The van der Waals surface area contributed by atoms with Gasteiger partial charge in [-0.3, -0.25) is 27.7 Å². The number of aromatic nitrogens is 4. The summed E-state index contributed by atoms with van der Waals surface area (Å²) in [4.78, 5) is 75.1. The number of carbonyl (C=O) groups is 2. The average Bonchev–Trinajstić information content (AvgIpc) is 3.57. The molecule has 3 unspecified atom stereocenters. The van der Waals surface area contributed by atoms with Crippen LogP contribution in [-0.4, -0.2) is 123 Å². The molecule has 51 heavy (non-hydrogen) atoms. The second-order valence-corrected chi connectivity index (χ2v) is 16.3. The van der Waals surface area contributed by atoms with Crippen molar-refractivity contribution in [2.45, 2.75) is 76.8 Å². The number of hydrogen-bond donors (Lipinski definition) is 10. The van der Waals surface area contributed by atoms with Gasteiger partial charge in [-0.05, 0) is 19.8 Å². The summed E-state index contributed by atoms with van der Waals surface area (Å²) in [5.41, 5.74) is 4.28. The highest BCUT2D eigenvalue weighted by Crippen LogP contribution is 2.61. The molecule has 11 N–H and O–H groups in total. The smallest absolute Gasteiger partial charge is 0.393 e. The van der Waals surface area contributed by atoms with Crippen molar-refractivity contribution in [3.8, 4) is 0 Å². The first-order valence-electron chi connectivity index (χ1n) is 15.1. The number of nitrogens with two attached hydrogens (primary N) is 1. The van der Waals surface area contributed by atoms with Crippen LogP contribution in [0.5, 0.6) is 0 Å². The van der Waals surface area contributed by atoms with E-state index >= 15 is 0 Å². The average molecular weight is 794 g/mol. The molecular weight excluding hydrogens is 751 g/mol. The third-order valence-electron chi connectivity index (χ3n) is 7.20. The summed E-state index contributed by atoms with van der Waals surface area (Å²) in [7, 11) is -16.3. The summed E-state index contributed by atoms with van der Waals surface area (Å²) in [5, 5.41) is 35.5. The molecule has 1 aliphatic rings. The lowest BCUT2D eigenvalue weighted by atomic mass is 9.87. The van der Waals surface area contributed by atoms with Crippen LogP contribution in [-0.2, 0) is 45.9 Å². The first-order valence-corrected chi connectivity index (χ1v) is 19.6. The molecule has 2 aromatic heterocycles. The van der Waals surface area contributed by atoms with Crippen molar-refractivity contribution < 1.29 is 80.8 Å². The number of fused-ring (bicyclic) bond motifs is 1. The predicted molar refractivity (Wildman–Crippen MR) is 171 cm³/mol. The van der Waals surface area contributed by atoms with Gasteiger partial charge in [-0.2, -0.15) is 4.31 Å². The maximum Gasteiger partial charge on any atom is 0.481 e. The number of nitrogens with one attached hydrogen (secondary N) is 2. The molecule has 0 saturated carbocycles. The quantitative estimate of drug-likeness (QED) is 0.0542. The van der Waals surface area contributed by atoms with Crippen LogP contribution in [0, 0.1) is 5.41 Å². The number of phosphoric acid groups is 3. The minimum atomic E-state index is -5.55. The van der Waals surface area contributed by atoms with Gasteiger partial charge in [-0.15, -0.1) is 0 Å². The first-order chi connectivity index (χ1) is 23.5. The van der Waals surface area contributed by atoms with Gasteiger partial charge < -0.3 is 56.0 Å². The van der Waals surface area contributed by atoms with Gasteiger partial charge in [0.2, 0.25) is 11.8 Å². The summed E-state index contributed by atoms with van der Waals surface area (Å²) in [5.74, 6) is -1.39. The Hall–Kier alpha value is -2.50. The van der Waals surface area contributed by atoms with Gasteiger partial charge in [0.15, 0.2) is 17.7 Å². The van der Waals surface area contributed by atoms with Gasteiger partial charge in [0.25, 0.3) is 0 Å². The topological polar surface area (TPSA) is 367 Å². The standard InChI is InChI=1S/C24H42N7O17P3/c1-13(32)5-4-7-26-15(33)6-8-27-22(36)19(35)24(2,3)10-45-51(42,43)48-50(40,41)44-9-14-18(47-49(37,38)39)17(34)23(46-14)31-12-30-16-20(25)28-11-29-21(16)31/h11-14,17-19,23,32,34-35H,4-10H2,1-3H3,(H,26,33)(H,27,36)(H,40,41)(H,42,43)(H2,25,28,29)(H2,37,38,39)/t13-,14+,17+,18+,19?,23+/m0/s1. The number of nitrogens with zero attached hydrogens (tertiary/aromatic N) is 4. The van der Waals surface area contributed by atoms with Crippen LogP contribution >= 0.6 is 23.5 Å². The van der Waals surface area contributed by atoms with E-state index in [1.807, 2.05) is 0 Å². The molecule has 0 aromatic carbocycles. The zero-order valence-electron chi connectivity index (χ0n) is 27.5. The first kappa shape index (κ1) is 42.9. The lowest BCUT2D eigenvalue weighted by molar-refractivity contribution is -0.137. The van der Waals surface area contributed by atoms with Gasteiger partial charge >= 0.3 is 23.5 Å². The molecule has 0 aliphatic carbocycles. The molecule has 2 aromatic rings. The summed E-state index contributed by atoms with van der Waals surface area (Å²) < 4.78 is 61.9. The number of aliphatic hydroxyl groups excluding tert-OH is 3. The van der Waals surface area contributed by atoms with Crippen LogP contribution in [0.2, 0.25) is 0 Å². The Morgan fingerprint density at radius 1 is 1.06 bits per heavy atom. The van der Waals surface area contributed by atoms with E-state index in [4.69, 9.17) is 19.5 Å². The van der Waals surface area contributed by atoms with Crippen LogP contribution in [0.25, 0.3) is 11.2 Å². The molecule has 0 spiro atoms. The van der Waals surface area contributed by atoms with Crippen molar-refractivity contribution in [2.24, 2.45) is 5.41 Å². The van der Waals surface area contributed by atoms with Crippen LogP contribution in [0.1, 0.15) is 46.3 Å². The number of anilines is 1. The highest BCUT2D eigenvalue weighted by Gasteiger charge is 2.50. The van der Waals surface area contributed by atoms with Crippen molar-refractivity contribution in [1.82, 2.24) is 30.2 Å². The number of hydrogen-bond acceptors (Lipinski definition) is 17. The predicted octanol–water partition coefficient (Wildman–Crippen LogP) is -1.43. The van der Waals surface area contributed by atoms with E-state index in [1.54, 1.807) is 6.92 Å². The zero-order chi connectivity index (χ0) is 38.4. The number of carbonyl (C=O) groups excluding carboxylic acids is 2. The van der Waals surface area contributed by atoms with Crippen LogP contribution < -0.4 is 16.4 Å². The maximum absolute atomic E-state index is 12.6. The fourth-order valence-corrected chi connectivity index (χ4v) is 7.39. The Bertz CT molecular complexity index is 1660. The van der Waals surface area contributed by atoms with E-state index < -0.39 is 84.8 Å². The molecule has 0 radical (unpaired) electrons. The number of rotatable bonds is 20. The SMILES string of the molecule is C[C@H](O)CCCNC(=O)CCNC(=O)C(O)C(C)(C)COP(=O)(O)OP(=O)(O)OC[C@H]1O[C@@H](n2cnc3c(N)ncnc32)[C@H](O)[C@@H]1OP(=O)(O)O. The van der Waals surface area contributed by atoms with Crippen LogP contribution in [0.4, 0.5) is 5.82 Å². The van der Waals surface area contributed by atoms with Gasteiger partial charge in [-0.1, -0.05) is 13.8 Å². The molecule has 3 rings (SSSR count). The molecule has 290 valence electrons. The number of aliphatic hydroxyl groups is 3. The normalized spacial score (nSPS) is 23.3. The van der Waals surface area contributed by atoms with Gasteiger partial charge in [0, 0.05) is 24.9 Å². The lowest BCUT2D eigenvalue weighted by Crippen LogP contribution is -2.46. The molecule has 3 heterocycles. The Morgan fingerprint density at radius 3 is 2.37 bits per heavy atom. The van der Waals surface area contributed by atoms with E-state index in [1.165, 1.54) is 13.8 Å². The molecule has 27 heteroatoms. The van der Waals surface area contributed by atoms with Crippen molar-refractivity contribution in [3.63, 3.8) is 0 Å². The van der Waals surface area contributed by atoms with E-state index in [0.29, 0.717) is 19.4 Å². The maximum atomic E-state index is 12.6. The number of ether oxygens (including phenoxy) is 1. The summed E-state index contributed by atoms with van der Waals surface area (Å²) in [6.45, 7) is 2.29. The molecule has 24 nitrogen and oxygen atoms in total. The van der Waals surface area contributed by atoms with Crippen molar-refractivity contribution >= 4 is 52.3 Å². The minimum Gasteiger partial charge on any atom is -0.393 e. The second-order valence-electron chi connectivity index (χ2n) is 12.1. The number of nitrogen functional groups attached to an aromatic ring is 1. The Morgan fingerprint density at radius 2 is 1.73 bits per heavy atom. The monoisotopic (exact) mass is 793 g/mol. The zero-order valence-corrected chi connectivity index (χ0v) is 30.2.